The molecular formula is C19H23N3O3. The van der Waals surface area contributed by atoms with Crippen LogP contribution in [0.15, 0.2) is 48.5 Å². The second kappa shape index (κ2) is 8.50. The summed E-state index contributed by atoms with van der Waals surface area (Å²) in [5.41, 5.74) is 2.85. The van der Waals surface area contributed by atoms with Gasteiger partial charge in [-0.25, -0.2) is 0 Å². The van der Waals surface area contributed by atoms with Gasteiger partial charge in [0.2, 0.25) is 0 Å². The summed E-state index contributed by atoms with van der Waals surface area (Å²) < 4.78 is 0. The van der Waals surface area contributed by atoms with Crippen molar-refractivity contribution in [2.45, 2.75) is 13.0 Å². The fourth-order valence-electron chi connectivity index (χ4n) is 2.58. The van der Waals surface area contributed by atoms with E-state index in [1.165, 1.54) is 35.4 Å². The minimum Gasteiger partial charge on any atom is -0.308 e. The van der Waals surface area contributed by atoms with E-state index in [4.69, 9.17) is 0 Å². The fourth-order valence-corrected chi connectivity index (χ4v) is 2.58. The van der Waals surface area contributed by atoms with Gasteiger partial charge in [-0.15, -0.1) is 0 Å². The molecule has 0 fully saturated rings. The lowest BCUT2D eigenvalue weighted by Gasteiger charge is -2.25. The molecule has 132 valence electrons. The van der Waals surface area contributed by atoms with Crippen LogP contribution in [0.2, 0.25) is 0 Å². The van der Waals surface area contributed by atoms with Crippen molar-refractivity contribution in [3.8, 4) is 0 Å². The van der Waals surface area contributed by atoms with E-state index in [-0.39, 0.29) is 24.1 Å². The van der Waals surface area contributed by atoms with Gasteiger partial charge in [-0.1, -0.05) is 29.8 Å². The molecule has 0 aliphatic heterocycles. The Balaban J connectivity index is 1.93. The number of hydrogen-bond acceptors (Lipinski definition) is 5. The number of ketones is 1. The van der Waals surface area contributed by atoms with Gasteiger partial charge in [0.25, 0.3) is 5.69 Å². The van der Waals surface area contributed by atoms with Crippen LogP contribution in [-0.2, 0) is 0 Å². The smallest absolute Gasteiger partial charge is 0.269 e. The molecule has 1 N–H and O–H groups in total. The molecule has 0 saturated heterocycles. The maximum absolute atomic E-state index is 12.2. The Kier molecular flexibility index (Phi) is 6.38. The fraction of sp³-hybridized carbons (Fsp3) is 0.316. The number of benzene rings is 2. The molecule has 2 aromatic carbocycles. The van der Waals surface area contributed by atoms with E-state index in [1.807, 2.05) is 14.1 Å². The highest BCUT2D eigenvalue weighted by Gasteiger charge is 2.15. The Morgan fingerprint density at radius 2 is 1.72 bits per heavy atom. The number of carbonyl (C=O) groups is 1. The molecule has 0 bridgehead atoms. The largest absolute Gasteiger partial charge is 0.308 e. The van der Waals surface area contributed by atoms with E-state index < -0.39 is 4.92 Å². The van der Waals surface area contributed by atoms with E-state index in [0.29, 0.717) is 12.1 Å². The van der Waals surface area contributed by atoms with Gasteiger partial charge in [0.05, 0.1) is 11.5 Å². The molecule has 2 rings (SSSR count). The Hall–Kier alpha value is -2.57. The lowest BCUT2D eigenvalue weighted by atomic mass is 10.0. The van der Waals surface area contributed by atoms with Crippen LogP contribution in [0.3, 0.4) is 0 Å². The van der Waals surface area contributed by atoms with E-state index in [2.05, 4.69) is 41.4 Å². The molecule has 0 saturated carbocycles. The SMILES string of the molecule is Cc1ccc(C(CNCC(=O)c2ccc([N+](=O)[O-])cc2)N(C)C)cc1. The lowest BCUT2D eigenvalue weighted by molar-refractivity contribution is -0.384. The molecular weight excluding hydrogens is 318 g/mol. The van der Waals surface area contributed by atoms with Crippen LogP contribution in [0.4, 0.5) is 5.69 Å². The van der Waals surface area contributed by atoms with Gasteiger partial charge >= 0.3 is 0 Å². The van der Waals surface area contributed by atoms with Crippen LogP contribution in [0.1, 0.15) is 27.5 Å². The number of rotatable bonds is 8. The molecule has 0 radical (unpaired) electrons. The number of likely N-dealkylation sites (N-methyl/N-ethyl adjacent to an activating group) is 1. The van der Waals surface area contributed by atoms with Crippen molar-refractivity contribution in [2.75, 3.05) is 27.2 Å². The highest BCUT2D eigenvalue weighted by Crippen LogP contribution is 2.18. The topological polar surface area (TPSA) is 75.5 Å². The van der Waals surface area contributed by atoms with Crippen LogP contribution in [-0.4, -0.2) is 42.8 Å². The number of nitro benzene ring substituents is 1. The van der Waals surface area contributed by atoms with Gasteiger partial charge in [-0.05, 0) is 38.7 Å². The summed E-state index contributed by atoms with van der Waals surface area (Å²) in [6.07, 6.45) is 0. The summed E-state index contributed by atoms with van der Waals surface area (Å²) in [5.74, 6) is -0.0867. The molecule has 0 heterocycles. The number of carbonyl (C=O) groups excluding carboxylic acids is 1. The van der Waals surface area contributed by atoms with Gasteiger partial charge in [0.15, 0.2) is 5.78 Å². The molecule has 1 atom stereocenters. The average molecular weight is 341 g/mol. The predicted octanol–water partition coefficient (Wildman–Crippen LogP) is 2.98. The predicted molar refractivity (Wildman–Crippen MR) is 97.9 cm³/mol. The van der Waals surface area contributed by atoms with Crippen molar-refractivity contribution in [2.24, 2.45) is 0 Å². The van der Waals surface area contributed by atoms with Gasteiger partial charge < -0.3 is 10.2 Å². The minimum absolute atomic E-state index is 0.0171. The van der Waals surface area contributed by atoms with Gasteiger partial charge in [0.1, 0.15) is 0 Å². The summed E-state index contributed by atoms with van der Waals surface area (Å²) in [6.45, 7) is 2.87. The highest BCUT2D eigenvalue weighted by molar-refractivity contribution is 5.97. The summed E-state index contributed by atoms with van der Waals surface area (Å²) in [6, 6.07) is 14.2. The third-order valence-corrected chi connectivity index (χ3v) is 4.11. The van der Waals surface area contributed by atoms with Crippen molar-refractivity contribution in [1.82, 2.24) is 10.2 Å². The molecule has 0 spiro atoms. The maximum atomic E-state index is 12.2. The zero-order chi connectivity index (χ0) is 18.4. The summed E-state index contributed by atoms with van der Waals surface area (Å²) in [4.78, 5) is 24.5. The third kappa shape index (κ3) is 5.20. The van der Waals surface area contributed by atoms with E-state index >= 15 is 0 Å². The number of nitrogens with one attached hydrogen (secondary N) is 1. The zero-order valence-electron chi connectivity index (χ0n) is 14.7. The number of aryl methyl sites for hydroxylation is 1. The summed E-state index contributed by atoms with van der Waals surface area (Å²) in [5, 5.41) is 13.8. The number of nitro groups is 1. The van der Waals surface area contributed by atoms with Crippen LogP contribution >= 0.6 is 0 Å². The lowest BCUT2D eigenvalue weighted by Crippen LogP contribution is -2.33. The Morgan fingerprint density at radius 1 is 1.12 bits per heavy atom. The number of Topliss-reactive ketones (excluding diaryl/α,β-unsaturated/α-hetero) is 1. The first-order valence-corrected chi connectivity index (χ1v) is 8.10. The van der Waals surface area contributed by atoms with Crippen LogP contribution in [0.5, 0.6) is 0 Å². The van der Waals surface area contributed by atoms with Crippen molar-refractivity contribution in [1.29, 1.82) is 0 Å². The molecule has 0 amide bonds. The first kappa shape index (κ1) is 18.8. The molecule has 25 heavy (non-hydrogen) atoms. The first-order chi connectivity index (χ1) is 11.9. The number of hydrogen-bond donors (Lipinski definition) is 1. The molecule has 1 unspecified atom stereocenters. The number of nitrogens with zero attached hydrogens (tertiary/aromatic N) is 2. The molecule has 0 aliphatic rings. The first-order valence-electron chi connectivity index (χ1n) is 8.10. The maximum Gasteiger partial charge on any atom is 0.269 e. The van der Waals surface area contributed by atoms with Gasteiger partial charge in [-0.2, -0.15) is 0 Å². The van der Waals surface area contributed by atoms with Gasteiger partial charge in [-0.3, -0.25) is 14.9 Å². The van der Waals surface area contributed by atoms with E-state index in [0.717, 1.165) is 0 Å². The minimum atomic E-state index is -0.476. The molecule has 2 aromatic rings. The average Bonchev–Trinajstić information content (AvgIpc) is 2.59. The van der Waals surface area contributed by atoms with Crippen LogP contribution < -0.4 is 5.32 Å². The number of non-ortho nitro benzene ring substituents is 1. The van der Waals surface area contributed by atoms with Crippen molar-refractivity contribution in [3.63, 3.8) is 0 Å². The van der Waals surface area contributed by atoms with E-state index in [1.54, 1.807) is 0 Å². The van der Waals surface area contributed by atoms with Crippen LogP contribution in [0, 0.1) is 17.0 Å². The molecule has 0 aromatic heterocycles. The second-order valence-electron chi connectivity index (χ2n) is 6.25. The third-order valence-electron chi connectivity index (χ3n) is 4.11. The van der Waals surface area contributed by atoms with Crippen molar-refractivity contribution < 1.29 is 9.72 Å². The Labute approximate surface area is 147 Å². The summed E-state index contributed by atoms with van der Waals surface area (Å²) in [7, 11) is 4.01. The van der Waals surface area contributed by atoms with Crippen LogP contribution in [0.25, 0.3) is 0 Å². The van der Waals surface area contributed by atoms with E-state index in [9.17, 15) is 14.9 Å². The summed E-state index contributed by atoms with van der Waals surface area (Å²) >= 11 is 0. The normalized spacial score (nSPS) is 12.2. The Bertz CT molecular complexity index is 725. The quantitative estimate of drug-likeness (QED) is 0.454. The van der Waals surface area contributed by atoms with Crippen molar-refractivity contribution >= 4 is 11.5 Å². The molecule has 6 nitrogen and oxygen atoms in total. The monoisotopic (exact) mass is 341 g/mol. The second-order valence-corrected chi connectivity index (χ2v) is 6.25. The zero-order valence-corrected chi connectivity index (χ0v) is 14.7. The van der Waals surface area contributed by atoms with Crippen molar-refractivity contribution in [3.05, 3.63) is 75.3 Å². The molecule has 6 heteroatoms. The highest BCUT2D eigenvalue weighted by atomic mass is 16.6. The standard InChI is InChI=1S/C19H23N3O3/c1-14-4-6-15(7-5-14)18(21(2)3)12-20-13-19(23)16-8-10-17(11-9-16)22(24)25/h4-11,18,20H,12-13H2,1-3H3. The molecule has 0 aliphatic carbocycles. The van der Waals surface area contributed by atoms with Gasteiger partial charge in [0, 0.05) is 30.3 Å². The Morgan fingerprint density at radius 3 is 2.24 bits per heavy atom.